The van der Waals surface area contributed by atoms with Gasteiger partial charge in [-0.25, -0.2) is 0 Å². The van der Waals surface area contributed by atoms with E-state index in [1.54, 1.807) is 13.8 Å². The van der Waals surface area contributed by atoms with Gasteiger partial charge in [-0.15, -0.1) is 0 Å². The number of carboxylic acid groups (broad SMARTS) is 1. The number of hydrogen-bond acceptors (Lipinski definition) is 3. The monoisotopic (exact) mass is 257 g/mol. The first kappa shape index (κ1) is 15.0. The van der Waals surface area contributed by atoms with Crippen LogP contribution in [-0.4, -0.2) is 34.2 Å². The maximum atomic E-state index is 11.9. The molecule has 18 heavy (non-hydrogen) atoms. The molecule has 0 spiro atoms. The number of carbonyl (C=O) groups is 2. The van der Waals surface area contributed by atoms with E-state index in [0.29, 0.717) is 12.8 Å². The molecule has 1 fully saturated rings. The first-order valence-corrected chi connectivity index (χ1v) is 6.42. The third-order valence-electron chi connectivity index (χ3n) is 4.28. The number of rotatable bonds is 6. The average molecular weight is 257 g/mol. The highest BCUT2D eigenvalue weighted by Crippen LogP contribution is 2.58. The van der Waals surface area contributed by atoms with Gasteiger partial charge in [0.2, 0.25) is 5.91 Å². The van der Waals surface area contributed by atoms with E-state index in [9.17, 15) is 14.7 Å². The summed E-state index contributed by atoms with van der Waals surface area (Å²) in [6, 6.07) is 0. The van der Waals surface area contributed by atoms with Gasteiger partial charge in [-0.1, -0.05) is 27.7 Å². The molecule has 1 saturated carbocycles. The Morgan fingerprint density at radius 3 is 2.06 bits per heavy atom. The van der Waals surface area contributed by atoms with Crippen LogP contribution in [0.25, 0.3) is 0 Å². The third kappa shape index (κ3) is 2.66. The van der Waals surface area contributed by atoms with Crippen molar-refractivity contribution >= 4 is 11.9 Å². The molecule has 2 atom stereocenters. The molecule has 1 aliphatic rings. The van der Waals surface area contributed by atoms with Crippen molar-refractivity contribution in [3.05, 3.63) is 0 Å². The summed E-state index contributed by atoms with van der Waals surface area (Å²) < 4.78 is 0. The van der Waals surface area contributed by atoms with Gasteiger partial charge < -0.3 is 15.5 Å². The summed E-state index contributed by atoms with van der Waals surface area (Å²) in [6.07, 6.45) is 1.11. The van der Waals surface area contributed by atoms with Gasteiger partial charge in [0, 0.05) is 6.54 Å². The van der Waals surface area contributed by atoms with Crippen molar-refractivity contribution in [3.8, 4) is 0 Å². The Bertz CT molecular complexity index is 347. The molecular weight excluding hydrogens is 234 g/mol. The number of hydrogen-bond donors (Lipinski definition) is 3. The molecule has 0 heterocycles. The van der Waals surface area contributed by atoms with Crippen LogP contribution in [0, 0.1) is 17.3 Å². The molecule has 2 unspecified atom stereocenters. The number of aliphatic hydroxyl groups is 1. The summed E-state index contributed by atoms with van der Waals surface area (Å²) in [7, 11) is 0. The van der Waals surface area contributed by atoms with Crippen LogP contribution >= 0.6 is 0 Å². The van der Waals surface area contributed by atoms with E-state index < -0.39 is 28.8 Å². The lowest BCUT2D eigenvalue weighted by Crippen LogP contribution is -2.43. The van der Waals surface area contributed by atoms with E-state index in [1.807, 2.05) is 13.8 Å². The fourth-order valence-electron chi connectivity index (χ4n) is 2.45. The van der Waals surface area contributed by atoms with Crippen LogP contribution in [0.2, 0.25) is 0 Å². The van der Waals surface area contributed by atoms with E-state index in [-0.39, 0.29) is 12.5 Å². The Morgan fingerprint density at radius 1 is 1.22 bits per heavy atom. The Balaban J connectivity index is 2.56. The van der Waals surface area contributed by atoms with E-state index in [1.165, 1.54) is 0 Å². The van der Waals surface area contributed by atoms with Crippen molar-refractivity contribution in [2.75, 3.05) is 6.54 Å². The normalized spacial score (nSPS) is 25.6. The summed E-state index contributed by atoms with van der Waals surface area (Å²) in [5.74, 6) is -2.31. The van der Waals surface area contributed by atoms with Crippen molar-refractivity contribution in [1.82, 2.24) is 5.32 Å². The molecule has 0 radical (unpaired) electrons. The Morgan fingerprint density at radius 2 is 1.72 bits per heavy atom. The molecule has 5 nitrogen and oxygen atoms in total. The summed E-state index contributed by atoms with van der Waals surface area (Å²) in [4.78, 5) is 22.9. The molecule has 0 aromatic carbocycles. The lowest BCUT2D eigenvalue weighted by atomic mass is 9.97. The number of aliphatic carboxylic acids is 1. The topological polar surface area (TPSA) is 86.6 Å². The highest BCUT2D eigenvalue weighted by molar-refractivity contribution is 5.91. The largest absolute Gasteiger partial charge is 0.481 e. The fraction of sp³-hybridized carbons (Fsp3) is 0.846. The molecule has 1 aliphatic carbocycles. The lowest BCUT2D eigenvalue weighted by Gasteiger charge is -2.25. The van der Waals surface area contributed by atoms with Crippen LogP contribution in [-0.2, 0) is 9.59 Å². The maximum Gasteiger partial charge on any atom is 0.307 e. The average Bonchev–Trinajstić information content (AvgIpc) is 2.89. The minimum atomic E-state index is -0.929. The van der Waals surface area contributed by atoms with Crippen LogP contribution < -0.4 is 5.32 Å². The van der Waals surface area contributed by atoms with E-state index in [2.05, 4.69) is 5.32 Å². The number of carboxylic acids is 1. The second-order valence-corrected chi connectivity index (χ2v) is 5.76. The van der Waals surface area contributed by atoms with Crippen LogP contribution in [0.3, 0.4) is 0 Å². The second-order valence-electron chi connectivity index (χ2n) is 5.76. The SMILES string of the molecule is CCC(O)(CC)CNC(=O)C1C(C(=O)O)C1(C)C. The van der Waals surface area contributed by atoms with Crippen molar-refractivity contribution in [2.45, 2.75) is 46.1 Å². The fourth-order valence-corrected chi connectivity index (χ4v) is 2.45. The number of amides is 1. The molecule has 0 saturated heterocycles. The molecular formula is C13H23NO4. The van der Waals surface area contributed by atoms with Gasteiger partial charge in [0.1, 0.15) is 0 Å². The molecule has 0 aromatic heterocycles. The highest BCUT2D eigenvalue weighted by Gasteiger charge is 2.65. The maximum absolute atomic E-state index is 11.9. The quantitative estimate of drug-likeness (QED) is 0.663. The number of nitrogens with one attached hydrogen (secondary N) is 1. The molecule has 3 N–H and O–H groups in total. The van der Waals surface area contributed by atoms with Crippen molar-refractivity contribution in [3.63, 3.8) is 0 Å². The van der Waals surface area contributed by atoms with Gasteiger partial charge in [0.15, 0.2) is 0 Å². The molecule has 104 valence electrons. The minimum absolute atomic E-state index is 0.178. The smallest absolute Gasteiger partial charge is 0.307 e. The predicted molar refractivity (Wildman–Crippen MR) is 66.9 cm³/mol. The first-order valence-electron chi connectivity index (χ1n) is 6.42. The standard InChI is InChI=1S/C13H23NO4/c1-5-13(18,6-2)7-14-10(15)8-9(11(16)17)12(8,3)4/h8-9,18H,5-7H2,1-4H3,(H,14,15)(H,16,17). The third-order valence-corrected chi connectivity index (χ3v) is 4.28. The van der Waals surface area contributed by atoms with Crippen molar-refractivity contribution in [2.24, 2.45) is 17.3 Å². The van der Waals surface area contributed by atoms with Crippen LogP contribution in [0.5, 0.6) is 0 Å². The Kier molecular flexibility index (Phi) is 4.05. The van der Waals surface area contributed by atoms with Crippen LogP contribution in [0.15, 0.2) is 0 Å². The van der Waals surface area contributed by atoms with Gasteiger partial charge >= 0.3 is 5.97 Å². The molecule has 0 bridgehead atoms. The summed E-state index contributed by atoms with van der Waals surface area (Å²) >= 11 is 0. The molecule has 0 aliphatic heterocycles. The van der Waals surface area contributed by atoms with Gasteiger partial charge in [0.25, 0.3) is 0 Å². The van der Waals surface area contributed by atoms with E-state index in [4.69, 9.17) is 5.11 Å². The predicted octanol–water partition coefficient (Wildman–Crippen LogP) is 1.01. The summed E-state index contributed by atoms with van der Waals surface area (Å²) in [5.41, 5.74) is -1.39. The molecule has 0 aromatic rings. The lowest BCUT2D eigenvalue weighted by molar-refractivity contribution is -0.140. The molecule has 1 rings (SSSR count). The van der Waals surface area contributed by atoms with E-state index >= 15 is 0 Å². The second kappa shape index (κ2) is 4.88. The Labute approximate surface area is 108 Å². The molecule has 5 heteroatoms. The van der Waals surface area contributed by atoms with Gasteiger partial charge in [-0.05, 0) is 18.3 Å². The summed E-state index contributed by atoms with van der Waals surface area (Å²) in [6.45, 7) is 7.45. The summed E-state index contributed by atoms with van der Waals surface area (Å²) in [5, 5.41) is 21.7. The number of carbonyl (C=O) groups excluding carboxylic acids is 1. The zero-order valence-corrected chi connectivity index (χ0v) is 11.5. The minimum Gasteiger partial charge on any atom is -0.481 e. The van der Waals surface area contributed by atoms with Gasteiger partial charge in [-0.2, -0.15) is 0 Å². The van der Waals surface area contributed by atoms with Gasteiger partial charge in [-0.3, -0.25) is 9.59 Å². The first-order chi connectivity index (χ1) is 8.19. The van der Waals surface area contributed by atoms with Gasteiger partial charge in [0.05, 0.1) is 17.4 Å². The molecule has 1 amide bonds. The highest BCUT2D eigenvalue weighted by atomic mass is 16.4. The van der Waals surface area contributed by atoms with Crippen molar-refractivity contribution in [1.29, 1.82) is 0 Å². The Hall–Kier alpha value is -1.10. The van der Waals surface area contributed by atoms with E-state index in [0.717, 1.165) is 0 Å². The zero-order chi connectivity index (χ0) is 14.1. The van der Waals surface area contributed by atoms with Crippen LogP contribution in [0.1, 0.15) is 40.5 Å². The zero-order valence-electron chi connectivity index (χ0n) is 11.5. The van der Waals surface area contributed by atoms with Crippen LogP contribution in [0.4, 0.5) is 0 Å². The van der Waals surface area contributed by atoms with Crippen molar-refractivity contribution < 1.29 is 19.8 Å².